The predicted octanol–water partition coefficient (Wildman–Crippen LogP) is 4.08. The standard InChI is InChI=1S/C16H23F2N3OS/c1-10(12-3-6-16(17,18)7-4-12)11(2)15(22)21-13-5-8-20-14(9-13)23-19/h5,8-12H,3-4,6-7,19H2,1-2H3,(H,20,21,22)/t10?,11-/m1/s1. The van der Waals surface area contributed by atoms with Crippen LogP contribution in [0.4, 0.5) is 14.5 Å². The van der Waals surface area contributed by atoms with E-state index in [1.165, 1.54) is 0 Å². The van der Waals surface area contributed by atoms with E-state index in [1.807, 2.05) is 13.8 Å². The molecule has 1 aliphatic carbocycles. The summed E-state index contributed by atoms with van der Waals surface area (Å²) in [7, 11) is 0. The summed E-state index contributed by atoms with van der Waals surface area (Å²) in [5.74, 6) is -2.64. The molecule has 1 aromatic rings. The maximum Gasteiger partial charge on any atom is 0.248 e. The Kier molecular flexibility index (Phi) is 5.97. The fourth-order valence-corrected chi connectivity index (χ4v) is 3.36. The molecule has 7 heteroatoms. The van der Waals surface area contributed by atoms with Crippen molar-refractivity contribution in [2.45, 2.75) is 50.5 Å². The molecule has 2 atom stereocenters. The number of carbonyl (C=O) groups is 1. The fourth-order valence-electron chi connectivity index (χ4n) is 3.04. The third-order valence-corrected chi connectivity index (χ3v) is 5.30. The lowest BCUT2D eigenvalue weighted by Crippen LogP contribution is -2.34. The Hall–Kier alpha value is -1.21. The minimum Gasteiger partial charge on any atom is -0.326 e. The number of rotatable bonds is 5. The molecular formula is C16H23F2N3OS. The number of nitrogens with two attached hydrogens (primary N) is 1. The van der Waals surface area contributed by atoms with Crippen LogP contribution >= 0.6 is 11.9 Å². The average Bonchev–Trinajstić information content (AvgIpc) is 2.53. The Balaban J connectivity index is 1.93. The molecule has 1 unspecified atom stereocenters. The van der Waals surface area contributed by atoms with Gasteiger partial charge in [0.15, 0.2) is 0 Å². The van der Waals surface area contributed by atoms with Gasteiger partial charge in [-0.05, 0) is 48.8 Å². The number of nitrogens with zero attached hydrogens (tertiary/aromatic N) is 1. The second-order valence-corrected chi connectivity index (χ2v) is 6.99. The van der Waals surface area contributed by atoms with E-state index < -0.39 is 5.92 Å². The van der Waals surface area contributed by atoms with Crippen molar-refractivity contribution in [1.82, 2.24) is 4.98 Å². The molecule has 1 saturated carbocycles. The van der Waals surface area contributed by atoms with E-state index in [4.69, 9.17) is 5.14 Å². The van der Waals surface area contributed by atoms with E-state index in [2.05, 4.69) is 10.3 Å². The number of nitrogens with one attached hydrogen (secondary N) is 1. The number of hydrogen-bond acceptors (Lipinski definition) is 4. The van der Waals surface area contributed by atoms with E-state index in [0.717, 1.165) is 11.9 Å². The zero-order chi connectivity index (χ0) is 17.0. The van der Waals surface area contributed by atoms with Crippen molar-refractivity contribution in [2.24, 2.45) is 22.9 Å². The van der Waals surface area contributed by atoms with Crippen LogP contribution < -0.4 is 10.5 Å². The predicted molar refractivity (Wildman–Crippen MR) is 88.1 cm³/mol. The highest BCUT2D eigenvalue weighted by molar-refractivity contribution is 7.97. The van der Waals surface area contributed by atoms with Crippen molar-refractivity contribution < 1.29 is 13.6 Å². The van der Waals surface area contributed by atoms with Crippen LogP contribution in [0.1, 0.15) is 39.5 Å². The largest absolute Gasteiger partial charge is 0.326 e. The van der Waals surface area contributed by atoms with Gasteiger partial charge in [0.05, 0.1) is 0 Å². The number of anilines is 1. The molecule has 128 valence electrons. The van der Waals surface area contributed by atoms with E-state index in [1.54, 1.807) is 18.3 Å². The molecule has 23 heavy (non-hydrogen) atoms. The first kappa shape index (κ1) is 18.1. The van der Waals surface area contributed by atoms with Gasteiger partial charge in [-0.1, -0.05) is 13.8 Å². The summed E-state index contributed by atoms with van der Waals surface area (Å²) in [6.45, 7) is 3.83. The first-order valence-electron chi connectivity index (χ1n) is 7.84. The van der Waals surface area contributed by atoms with Crippen molar-refractivity contribution >= 4 is 23.5 Å². The van der Waals surface area contributed by atoms with Crippen LogP contribution in [-0.2, 0) is 4.79 Å². The van der Waals surface area contributed by atoms with Crippen LogP contribution in [0, 0.1) is 17.8 Å². The summed E-state index contributed by atoms with van der Waals surface area (Å²) in [4.78, 5) is 16.5. The van der Waals surface area contributed by atoms with Crippen LogP contribution in [0.15, 0.2) is 23.4 Å². The fraction of sp³-hybridized carbons (Fsp3) is 0.625. The molecule has 2 rings (SSSR count). The van der Waals surface area contributed by atoms with Crippen molar-refractivity contribution in [3.63, 3.8) is 0 Å². The summed E-state index contributed by atoms with van der Waals surface area (Å²) in [6.07, 6.45) is 2.40. The second-order valence-electron chi connectivity index (χ2n) is 6.33. The van der Waals surface area contributed by atoms with Gasteiger partial charge in [-0.15, -0.1) is 0 Å². The first-order chi connectivity index (χ1) is 10.8. The average molecular weight is 343 g/mol. The molecule has 0 aromatic carbocycles. The van der Waals surface area contributed by atoms with Crippen molar-refractivity contribution in [1.29, 1.82) is 0 Å². The number of halogens is 2. The van der Waals surface area contributed by atoms with Gasteiger partial charge in [0.1, 0.15) is 5.03 Å². The number of pyridine rings is 1. The van der Waals surface area contributed by atoms with Gasteiger partial charge in [0, 0.05) is 30.6 Å². The molecule has 0 saturated heterocycles. The van der Waals surface area contributed by atoms with Crippen molar-refractivity contribution in [2.75, 3.05) is 5.32 Å². The topological polar surface area (TPSA) is 68.0 Å². The molecular weight excluding hydrogens is 320 g/mol. The van der Waals surface area contributed by atoms with Gasteiger partial charge in [-0.2, -0.15) is 0 Å². The zero-order valence-electron chi connectivity index (χ0n) is 13.4. The maximum atomic E-state index is 13.3. The number of hydrogen-bond donors (Lipinski definition) is 2. The van der Waals surface area contributed by atoms with Gasteiger partial charge in [0.25, 0.3) is 0 Å². The number of carbonyl (C=O) groups excluding carboxylic acids is 1. The van der Waals surface area contributed by atoms with Crippen LogP contribution in [0.2, 0.25) is 0 Å². The summed E-state index contributed by atoms with van der Waals surface area (Å²) >= 11 is 1.01. The molecule has 3 N–H and O–H groups in total. The second kappa shape index (κ2) is 7.57. The SMILES string of the molecule is CC(C1CCC(F)(F)CC1)[C@@H](C)C(=O)Nc1ccnc(SN)c1. The van der Waals surface area contributed by atoms with Gasteiger partial charge >= 0.3 is 0 Å². The molecule has 1 aromatic heterocycles. The van der Waals surface area contributed by atoms with E-state index in [-0.39, 0.29) is 36.5 Å². The Morgan fingerprint density at radius 1 is 1.43 bits per heavy atom. The molecule has 1 amide bonds. The Labute approximate surface area is 139 Å². The lowest BCUT2D eigenvalue weighted by atomic mass is 9.74. The Bertz CT molecular complexity index is 546. The molecule has 1 fully saturated rings. The monoisotopic (exact) mass is 343 g/mol. The van der Waals surface area contributed by atoms with Gasteiger partial charge in [-0.3, -0.25) is 9.93 Å². The quantitative estimate of drug-likeness (QED) is 0.790. The van der Waals surface area contributed by atoms with Gasteiger partial charge < -0.3 is 5.32 Å². The van der Waals surface area contributed by atoms with Crippen LogP contribution in [-0.4, -0.2) is 16.8 Å². The Morgan fingerprint density at radius 3 is 2.70 bits per heavy atom. The first-order valence-corrected chi connectivity index (χ1v) is 8.72. The summed E-state index contributed by atoms with van der Waals surface area (Å²) in [6, 6.07) is 3.41. The highest BCUT2D eigenvalue weighted by Crippen LogP contribution is 2.41. The van der Waals surface area contributed by atoms with Crippen molar-refractivity contribution in [3.8, 4) is 0 Å². The molecule has 4 nitrogen and oxygen atoms in total. The third-order valence-electron chi connectivity index (χ3n) is 4.83. The van der Waals surface area contributed by atoms with Crippen LogP contribution in [0.3, 0.4) is 0 Å². The zero-order valence-corrected chi connectivity index (χ0v) is 14.2. The van der Waals surface area contributed by atoms with Gasteiger partial charge in [-0.25, -0.2) is 13.8 Å². The molecule has 0 bridgehead atoms. The lowest BCUT2D eigenvalue weighted by Gasteiger charge is -2.34. The minimum absolute atomic E-state index is 0.0660. The van der Waals surface area contributed by atoms with E-state index in [0.29, 0.717) is 23.6 Å². The highest BCUT2D eigenvalue weighted by Gasteiger charge is 2.38. The smallest absolute Gasteiger partial charge is 0.248 e. The molecule has 0 aliphatic heterocycles. The summed E-state index contributed by atoms with van der Waals surface area (Å²) < 4.78 is 26.5. The van der Waals surface area contributed by atoms with Crippen LogP contribution in [0.5, 0.6) is 0 Å². The Morgan fingerprint density at radius 2 is 2.09 bits per heavy atom. The summed E-state index contributed by atoms with van der Waals surface area (Å²) in [5.41, 5.74) is 0.646. The van der Waals surface area contributed by atoms with E-state index >= 15 is 0 Å². The van der Waals surface area contributed by atoms with Crippen LogP contribution in [0.25, 0.3) is 0 Å². The molecule has 1 aliphatic rings. The summed E-state index contributed by atoms with van der Waals surface area (Å²) in [5, 5.41) is 8.94. The molecule has 0 spiro atoms. The van der Waals surface area contributed by atoms with Gasteiger partial charge in [0.2, 0.25) is 11.8 Å². The van der Waals surface area contributed by atoms with E-state index in [9.17, 15) is 13.6 Å². The number of aromatic nitrogens is 1. The number of alkyl halides is 2. The maximum absolute atomic E-state index is 13.3. The lowest BCUT2D eigenvalue weighted by molar-refractivity contribution is -0.122. The molecule has 0 radical (unpaired) electrons. The molecule has 1 heterocycles. The highest BCUT2D eigenvalue weighted by atomic mass is 32.2. The normalized spacial score (nSPS) is 20.7. The number of amides is 1. The minimum atomic E-state index is -2.53. The third kappa shape index (κ3) is 4.88. The van der Waals surface area contributed by atoms with Crippen molar-refractivity contribution in [3.05, 3.63) is 18.3 Å².